The molecule has 1 heterocycles. The van der Waals surface area contributed by atoms with Gasteiger partial charge in [0.15, 0.2) is 5.69 Å². The Morgan fingerprint density at radius 1 is 1.42 bits per heavy atom. The van der Waals surface area contributed by atoms with Crippen molar-refractivity contribution >= 4 is 5.91 Å². The maximum Gasteiger partial charge on any atom is 0.273 e. The zero-order chi connectivity index (χ0) is 14.3. The van der Waals surface area contributed by atoms with E-state index in [0.29, 0.717) is 11.6 Å². The van der Waals surface area contributed by atoms with Crippen molar-refractivity contribution in [3.05, 3.63) is 17.8 Å². The minimum absolute atomic E-state index is 0.145. The number of hydrogen-bond donors (Lipinski definition) is 2. The summed E-state index contributed by atoms with van der Waals surface area (Å²) in [4.78, 5) is 16.1. The average molecular weight is 267 g/mol. The van der Waals surface area contributed by atoms with Gasteiger partial charge in [-0.25, -0.2) is 4.98 Å². The number of aromatic nitrogens is 1. The van der Waals surface area contributed by atoms with Crippen molar-refractivity contribution in [3.8, 4) is 0 Å². The molecule has 1 aromatic rings. The normalized spacial score (nSPS) is 14.1. The molecule has 2 atom stereocenters. The van der Waals surface area contributed by atoms with Crippen molar-refractivity contribution < 1.29 is 9.21 Å². The van der Waals surface area contributed by atoms with Gasteiger partial charge in [0.25, 0.3) is 5.91 Å². The number of nitrogens with zero attached hydrogens (tertiary/aromatic N) is 1. The second-order valence-electron chi connectivity index (χ2n) is 4.98. The summed E-state index contributed by atoms with van der Waals surface area (Å²) < 4.78 is 5.29. The second kappa shape index (κ2) is 7.94. The molecule has 0 aromatic carbocycles. The molecule has 3 N–H and O–H groups in total. The highest BCUT2D eigenvalue weighted by Gasteiger charge is 2.17. The summed E-state index contributed by atoms with van der Waals surface area (Å²) in [7, 11) is 0. The second-order valence-corrected chi connectivity index (χ2v) is 4.98. The van der Waals surface area contributed by atoms with Crippen LogP contribution in [0.1, 0.15) is 75.3 Å². The zero-order valence-corrected chi connectivity index (χ0v) is 12.1. The van der Waals surface area contributed by atoms with E-state index in [1.807, 2.05) is 6.92 Å². The first-order valence-corrected chi connectivity index (χ1v) is 7.10. The minimum atomic E-state index is -0.227. The summed E-state index contributed by atoms with van der Waals surface area (Å²) >= 11 is 0. The molecule has 2 unspecified atom stereocenters. The molecule has 0 bridgehead atoms. The van der Waals surface area contributed by atoms with Gasteiger partial charge < -0.3 is 15.5 Å². The van der Waals surface area contributed by atoms with Gasteiger partial charge in [0.2, 0.25) is 5.89 Å². The van der Waals surface area contributed by atoms with Crippen molar-refractivity contribution in [1.29, 1.82) is 0 Å². The van der Waals surface area contributed by atoms with Crippen molar-refractivity contribution in [2.45, 2.75) is 65.0 Å². The molecule has 0 aliphatic carbocycles. The first-order valence-electron chi connectivity index (χ1n) is 7.10. The molecule has 0 saturated heterocycles. The Hall–Kier alpha value is -1.36. The topological polar surface area (TPSA) is 81.1 Å². The van der Waals surface area contributed by atoms with E-state index in [-0.39, 0.29) is 18.0 Å². The van der Waals surface area contributed by atoms with Crippen LogP contribution in [-0.4, -0.2) is 16.9 Å². The molecule has 108 valence electrons. The lowest BCUT2D eigenvalue weighted by molar-refractivity contribution is 0.0933. The van der Waals surface area contributed by atoms with E-state index >= 15 is 0 Å². The van der Waals surface area contributed by atoms with Crippen molar-refractivity contribution in [1.82, 2.24) is 10.3 Å². The molecule has 0 radical (unpaired) electrons. The highest BCUT2D eigenvalue weighted by Crippen LogP contribution is 2.16. The molecule has 0 aliphatic heterocycles. The lowest BCUT2D eigenvalue weighted by Gasteiger charge is -2.10. The third-order valence-electron chi connectivity index (χ3n) is 3.04. The van der Waals surface area contributed by atoms with Crippen molar-refractivity contribution in [2.24, 2.45) is 5.73 Å². The van der Waals surface area contributed by atoms with Crippen LogP contribution in [0, 0.1) is 0 Å². The number of carbonyl (C=O) groups is 1. The van der Waals surface area contributed by atoms with Crippen LogP contribution in [0.3, 0.4) is 0 Å². The third-order valence-corrected chi connectivity index (χ3v) is 3.04. The fourth-order valence-corrected chi connectivity index (χ4v) is 1.91. The number of oxazole rings is 1. The molecule has 19 heavy (non-hydrogen) atoms. The fraction of sp³-hybridized carbons (Fsp3) is 0.714. The third kappa shape index (κ3) is 5.03. The van der Waals surface area contributed by atoms with Gasteiger partial charge in [-0.05, 0) is 19.8 Å². The van der Waals surface area contributed by atoms with E-state index in [2.05, 4.69) is 24.1 Å². The van der Waals surface area contributed by atoms with Gasteiger partial charge in [-0.15, -0.1) is 0 Å². The monoisotopic (exact) mass is 267 g/mol. The SMILES string of the molecule is CCCCC(N)c1nc(C(=O)NC(C)CCC)co1. The van der Waals surface area contributed by atoms with Crippen LogP contribution in [-0.2, 0) is 0 Å². The first kappa shape index (κ1) is 15.7. The molecule has 1 rings (SSSR count). The molecule has 0 spiro atoms. The zero-order valence-electron chi connectivity index (χ0n) is 12.1. The Bertz CT molecular complexity index is 390. The molecular weight excluding hydrogens is 242 g/mol. The Morgan fingerprint density at radius 2 is 2.16 bits per heavy atom. The Kier molecular flexibility index (Phi) is 6.56. The van der Waals surface area contributed by atoms with Gasteiger partial charge in [-0.1, -0.05) is 33.1 Å². The molecule has 1 amide bonds. The van der Waals surface area contributed by atoms with Gasteiger partial charge >= 0.3 is 0 Å². The molecule has 0 saturated carbocycles. The average Bonchev–Trinajstić information content (AvgIpc) is 2.85. The van der Waals surface area contributed by atoms with Crippen LogP contribution >= 0.6 is 0 Å². The maximum atomic E-state index is 11.9. The number of rotatable bonds is 8. The Morgan fingerprint density at radius 3 is 2.79 bits per heavy atom. The van der Waals surface area contributed by atoms with Crippen molar-refractivity contribution in [2.75, 3.05) is 0 Å². The van der Waals surface area contributed by atoms with E-state index < -0.39 is 0 Å². The molecule has 5 heteroatoms. The molecular formula is C14H25N3O2. The smallest absolute Gasteiger partial charge is 0.273 e. The number of amides is 1. The minimum Gasteiger partial charge on any atom is -0.446 e. The maximum absolute atomic E-state index is 11.9. The first-order chi connectivity index (χ1) is 9.08. The standard InChI is InChI=1S/C14H25N3O2/c1-4-6-8-11(15)14-17-12(9-19-14)13(18)16-10(3)7-5-2/h9-11H,4-8,15H2,1-3H3,(H,16,18). The summed E-state index contributed by atoms with van der Waals surface area (Å²) in [6.07, 6.45) is 6.30. The van der Waals surface area contributed by atoms with Crippen LogP contribution in [0.25, 0.3) is 0 Å². The number of nitrogens with one attached hydrogen (secondary N) is 1. The lowest BCUT2D eigenvalue weighted by atomic mass is 10.1. The van der Waals surface area contributed by atoms with Gasteiger partial charge in [0.1, 0.15) is 6.26 Å². The fourth-order valence-electron chi connectivity index (χ4n) is 1.91. The number of nitrogens with two attached hydrogens (primary N) is 1. The van der Waals surface area contributed by atoms with Gasteiger partial charge in [0.05, 0.1) is 6.04 Å². The molecule has 1 aromatic heterocycles. The van der Waals surface area contributed by atoms with Crippen LogP contribution < -0.4 is 11.1 Å². The molecule has 5 nitrogen and oxygen atoms in total. The van der Waals surface area contributed by atoms with Crippen molar-refractivity contribution in [3.63, 3.8) is 0 Å². The van der Waals surface area contributed by atoms with Gasteiger partial charge in [-0.2, -0.15) is 0 Å². The molecule has 0 aliphatic rings. The van der Waals surface area contributed by atoms with E-state index in [1.54, 1.807) is 0 Å². The largest absolute Gasteiger partial charge is 0.446 e. The summed E-state index contributed by atoms with van der Waals surface area (Å²) in [5, 5.41) is 2.89. The molecule has 0 fully saturated rings. The van der Waals surface area contributed by atoms with Gasteiger partial charge in [-0.3, -0.25) is 4.79 Å². The van der Waals surface area contributed by atoms with E-state index in [1.165, 1.54) is 6.26 Å². The van der Waals surface area contributed by atoms with E-state index in [9.17, 15) is 4.79 Å². The lowest BCUT2D eigenvalue weighted by Crippen LogP contribution is -2.32. The van der Waals surface area contributed by atoms with Crippen LogP contribution in [0.2, 0.25) is 0 Å². The summed E-state index contributed by atoms with van der Waals surface area (Å²) in [5.74, 6) is 0.250. The Balaban J connectivity index is 2.55. The van der Waals surface area contributed by atoms with E-state index in [0.717, 1.165) is 32.1 Å². The summed E-state index contributed by atoms with van der Waals surface area (Å²) in [5.41, 5.74) is 6.27. The quantitative estimate of drug-likeness (QED) is 0.759. The summed E-state index contributed by atoms with van der Waals surface area (Å²) in [6.45, 7) is 6.18. The van der Waals surface area contributed by atoms with Crippen LogP contribution in [0.5, 0.6) is 0 Å². The highest BCUT2D eigenvalue weighted by molar-refractivity contribution is 5.92. The number of hydrogen-bond acceptors (Lipinski definition) is 4. The number of carbonyl (C=O) groups excluding carboxylic acids is 1. The van der Waals surface area contributed by atoms with E-state index in [4.69, 9.17) is 10.2 Å². The Labute approximate surface area is 115 Å². The van der Waals surface area contributed by atoms with Crippen LogP contribution in [0.4, 0.5) is 0 Å². The van der Waals surface area contributed by atoms with Crippen LogP contribution in [0.15, 0.2) is 10.7 Å². The summed E-state index contributed by atoms with van der Waals surface area (Å²) in [6, 6.07) is -0.0824. The number of unbranched alkanes of at least 4 members (excludes halogenated alkanes) is 1. The predicted molar refractivity (Wildman–Crippen MR) is 74.8 cm³/mol. The highest BCUT2D eigenvalue weighted by atomic mass is 16.3. The predicted octanol–water partition coefficient (Wildman–Crippen LogP) is 2.78. The van der Waals surface area contributed by atoms with Gasteiger partial charge in [0, 0.05) is 6.04 Å².